The number of hydrogen-bond donors (Lipinski definition) is 0. The van der Waals surface area contributed by atoms with Crippen LogP contribution >= 0.6 is 0 Å². The van der Waals surface area contributed by atoms with E-state index in [2.05, 4.69) is 40.3 Å². The van der Waals surface area contributed by atoms with E-state index in [0.29, 0.717) is 11.5 Å². The van der Waals surface area contributed by atoms with Crippen LogP contribution in [0.4, 0.5) is 0 Å². The van der Waals surface area contributed by atoms with Gasteiger partial charge in [0.25, 0.3) is 0 Å². The molecule has 0 N–H and O–H groups in total. The number of rotatable bonds is 7. The lowest BCUT2D eigenvalue weighted by Gasteiger charge is -2.33. The molecule has 0 saturated carbocycles. The second kappa shape index (κ2) is 12.1. The summed E-state index contributed by atoms with van der Waals surface area (Å²) in [7, 11) is 0. The molecule has 3 rings (SSSR count). The number of aldehydes is 1. The maximum atomic E-state index is 13.0. The summed E-state index contributed by atoms with van der Waals surface area (Å²) < 4.78 is 0. The summed E-state index contributed by atoms with van der Waals surface area (Å²) in [6, 6.07) is 7.54. The Labute approximate surface area is 211 Å². The van der Waals surface area contributed by atoms with Crippen molar-refractivity contribution in [2.75, 3.05) is 0 Å². The zero-order valence-electron chi connectivity index (χ0n) is 22.1. The van der Waals surface area contributed by atoms with Gasteiger partial charge in [0, 0.05) is 28.0 Å². The Kier molecular flexibility index (Phi) is 9.71. The predicted molar refractivity (Wildman–Crippen MR) is 145 cm³/mol. The van der Waals surface area contributed by atoms with Crippen LogP contribution in [0.15, 0.2) is 84.5 Å². The normalized spacial score (nSPS) is 18.4. The first-order chi connectivity index (χ1) is 16.4. The van der Waals surface area contributed by atoms with Gasteiger partial charge in [-0.2, -0.15) is 0 Å². The third-order valence-corrected chi connectivity index (χ3v) is 6.56. The number of carbonyl (C=O) groups excluding carboxylic acids is 3. The summed E-state index contributed by atoms with van der Waals surface area (Å²) in [5.74, 6) is 0.755. The number of allylic oxidation sites excluding steroid dienone is 9. The lowest BCUT2D eigenvalue weighted by molar-refractivity contribution is -0.114. The fourth-order valence-electron chi connectivity index (χ4n) is 4.09. The van der Waals surface area contributed by atoms with E-state index in [-0.39, 0.29) is 28.3 Å². The SMILES string of the molecule is C=CC(C)(C)C1=CC(c2ccc(C=O)cc2)C=C(C(C)(C)C)C1=O.CCCCC1C=CC(=O)C=C1. The summed E-state index contributed by atoms with van der Waals surface area (Å²) >= 11 is 0. The van der Waals surface area contributed by atoms with Gasteiger partial charge in [0.2, 0.25) is 0 Å². The van der Waals surface area contributed by atoms with Crippen molar-refractivity contribution < 1.29 is 14.4 Å². The molecule has 1 unspecified atom stereocenters. The Morgan fingerprint density at radius 3 is 1.97 bits per heavy atom. The van der Waals surface area contributed by atoms with Crippen molar-refractivity contribution in [3.05, 3.63) is 95.6 Å². The molecular formula is C32H40O3. The first-order valence-corrected chi connectivity index (χ1v) is 12.5. The smallest absolute Gasteiger partial charge is 0.185 e. The molecule has 2 aliphatic rings. The molecule has 3 nitrogen and oxygen atoms in total. The molecule has 1 atom stereocenters. The fraction of sp³-hybridized carbons (Fsp3) is 0.406. The third kappa shape index (κ3) is 7.71. The molecular weight excluding hydrogens is 432 g/mol. The van der Waals surface area contributed by atoms with Gasteiger partial charge in [0.05, 0.1) is 0 Å². The molecule has 0 radical (unpaired) electrons. The van der Waals surface area contributed by atoms with E-state index in [1.54, 1.807) is 12.2 Å². The number of unbranched alkanes of at least 4 members (excludes halogenated alkanes) is 1. The molecule has 0 aliphatic heterocycles. The molecule has 0 bridgehead atoms. The second-order valence-electron chi connectivity index (χ2n) is 10.9. The van der Waals surface area contributed by atoms with Crippen LogP contribution in [-0.2, 0) is 9.59 Å². The van der Waals surface area contributed by atoms with Crippen molar-refractivity contribution in [3.63, 3.8) is 0 Å². The minimum absolute atomic E-state index is 0.0202. The monoisotopic (exact) mass is 472 g/mol. The van der Waals surface area contributed by atoms with Gasteiger partial charge in [-0.15, -0.1) is 6.58 Å². The van der Waals surface area contributed by atoms with Crippen LogP contribution in [0, 0.1) is 16.7 Å². The molecule has 35 heavy (non-hydrogen) atoms. The van der Waals surface area contributed by atoms with E-state index in [9.17, 15) is 14.4 Å². The Morgan fingerprint density at radius 2 is 1.49 bits per heavy atom. The Hall–Kier alpha value is -3.07. The summed E-state index contributed by atoms with van der Waals surface area (Å²) in [5.41, 5.74) is 2.74. The molecule has 0 spiro atoms. The van der Waals surface area contributed by atoms with Crippen LogP contribution in [-0.4, -0.2) is 17.9 Å². The van der Waals surface area contributed by atoms with Gasteiger partial charge >= 0.3 is 0 Å². The molecule has 1 aromatic carbocycles. The maximum absolute atomic E-state index is 13.0. The van der Waals surface area contributed by atoms with Crippen LogP contribution in [0.5, 0.6) is 0 Å². The predicted octanol–water partition coefficient (Wildman–Crippen LogP) is 7.76. The molecule has 3 heteroatoms. The van der Waals surface area contributed by atoms with Gasteiger partial charge < -0.3 is 0 Å². The zero-order valence-corrected chi connectivity index (χ0v) is 22.1. The maximum Gasteiger partial charge on any atom is 0.185 e. The lowest BCUT2D eigenvalue weighted by Crippen LogP contribution is -2.29. The molecule has 2 aliphatic carbocycles. The Morgan fingerprint density at radius 1 is 0.914 bits per heavy atom. The van der Waals surface area contributed by atoms with Gasteiger partial charge in [-0.25, -0.2) is 0 Å². The zero-order chi connectivity index (χ0) is 26.2. The number of ketones is 2. The summed E-state index contributed by atoms with van der Waals surface area (Å²) in [4.78, 5) is 34.6. The first kappa shape index (κ1) is 28.2. The minimum Gasteiger partial charge on any atom is -0.298 e. The van der Waals surface area contributed by atoms with Gasteiger partial charge in [0.1, 0.15) is 6.29 Å². The third-order valence-electron chi connectivity index (χ3n) is 6.56. The molecule has 0 amide bonds. The van der Waals surface area contributed by atoms with Crippen LogP contribution in [0.3, 0.4) is 0 Å². The highest BCUT2D eigenvalue weighted by molar-refractivity contribution is 6.11. The van der Waals surface area contributed by atoms with Crippen molar-refractivity contribution in [1.82, 2.24) is 0 Å². The molecule has 0 aromatic heterocycles. The lowest BCUT2D eigenvalue weighted by atomic mass is 9.69. The number of benzene rings is 1. The van der Waals surface area contributed by atoms with Gasteiger partial charge in [-0.1, -0.05) is 109 Å². The summed E-state index contributed by atoms with van der Waals surface area (Å²) in [6.45, 7) is 16.3. The average Bonchev–Trinajstić information content (AvgIpc) is 2.83. The average molecular weight is 473 g/mol. The van der Waals surface area contributed by atoms with Crippen molar-refractivity contribution in [1.29, 1.82) is 0 Å². The van der Waals surface area contributed by atoms with Crippen LogP contribution in [0.2, 0.25) is 0 Å². The summed E-state index contributed by atoms with van der Waals surface area (Å²) in [6.07, 6.45) is 17.7. The molecule has 1 aromatic rings. The largest absolute Gasteiger partial charge is 0.298 e. The van der Waals surface area contributed by atoms with E-state index in [0.717, 1.165) is 23.0 Å². The topological polar surface area (TPSA) is 51.2 Å². The molecule has 0 heterocycles. The molecule has 0 saturated heterocycles. The van der Waals surface area contributed by atoms with E-state index in [1.807, 2.05) is 62.4 Å². The van der Waals surface area contributed by atoms with E-state index < -0.39 is 0 Å². The highest BCUT2D eigenvalue weighted by atomic mass is 16.1. The van der Waals surface area contributed by atoms with Gasteiger partial charge in [0.15, 0.2) is 11.6 Å². The fourth-order valence-corrected chi connectivity index (χ4v) is 4.09. The minimum atomic E-state index is -0.386. The van der Waals surface area contributed by atoms with Crippen molar-refractivity contribution in [2.45, 2.75) is 66.7 Å². The first-order valence-electron chi connectivity index (χ1n) is 12.5. The highest BCUT2D eigenvalue weighted by Crippen LogP contribution is 2.42. The molecule has 186 valence electrons. The Balaban J connectivity index is 0.000000328. The van der Waals surface area contributed by atoms with Crippen LogP contribution in [0.25, 0.3) is 0 Å². The standard InChI is InChI=1S/C22H26O2.C10H14O/c1-7-22(5,6)19-13-17(12-18(20(19)24)21(2,3)4)16-10-8-15(14-23)9-11-16;1-2-3-4-9-5-7-10(11)8-6-9/h7-14,17H,1H2,2-6H3;5-9H,2-4H2,1H3. The molecule has 0 fully saturated rings. The highest BCUT2D eigenvalue weighted by Gasteiger charge is 2.36. The number of Topliss-reactive ketones (excluding diaryl/α,β-unsaturated/α-hetero) is 1. The van der Waals surface area contributed by atoms with Crippen LogP contribution in [0.1, 0.15) is 82.6 Å². The Bertz CT molecular complexity index is 1040. The van der Waals surface area contributed by atoms with E-state index >= 15 is 0 Å². The number of carbonyl (C=O) groups is 3. The quantitative estimate of drug-likeness (QED) is 0.301. The van der Waals surface area contributed by atoms with E-state index in [4.69, 9.17) is 0 Å². The van der Waals surface area contributed by atoms with E-state index in [1.165, 1.54) is 19.3 Å². The summed E-state index contributed by atoms with van der Waals surface area (Å²) in [5, 5.41) is 0. The van der Waals surface area contributed by atoms with Crippen molar-refractivity contribution >= 4 is 17.9 Å². The second-order valence-corrected chi connectivity index (χ2v) is 10.9. The van der Waals surface area contributed by atoms with Crippen LogP contribution < -0.4 is 0 Å². The number of hydrogen-bond acceptors (Lipinski definition) is 3. The van der Waals surface area contributed by atoms with Crippen molar-refractivity contribution in [3.8, 4) is 0 Å². The van der Waals surface area contributed by atoms with Crippen molar-refractivity contribution in [2.24, 2.45) is 16.7 Å². The van der Waals surface area contributed by atoms with Gasteiger partial charge in [-0.3, -0.25) is 14.4 Å². The van der Waals surface area contributed by atoms with Gasteiger partial charge in [-0.05, 0) is 35.5 Å².